The summed E-state index contributed by atoms with van der Waals surface area (Å²) in [6, 6.07) is 13.0. The standard InChI is InChI=1S/C18H15ClN4O2/c1-11-7-8-13(19)15(9-11)25-10-16-20-21-18-22(2)17(24)12-5-3-4-6-14(12)23(16)18/h3-9H,10H2,1-2H3. The van der Waals surface area contributed by atoms with E-state index in [4.69, 9.17) is 16.3 Å². The van der Waals surface area contributed by atoms with Crippen LogP contribution in [0.1, 0.15) is 11.4 Å². The zero-order valence-electron chi connectivity index (χ0n) is 13.7. The molecule has 0 aliphatic rings. The average Bonchev–Trinajstić information content (AvgIpc) is 3.05. The molecule has 0 unspecified atom stereocenters. The van der Waals surface area contributed by atoms with Crippen molar-refractivity contribution in [1.29, 1.82) is 0 Å². The first-order chi connectivity index (χ1) is 12.1. The minimum atomic E-state index is -0.107. The Hall–Kier alpha value is -2.86. The van der Waals surface area contributed by atoms with E-state index in [0.29, 0.717) is 27.8 Å². The molecule has 0 N–H and O–H groups in total. The quantitative estimate of drug-likeness (QED) is 0.567. The summed E-state index contributed by atoms with van der Waals surface area (Å²) in [7, 11) is 1.68. The summed E-state index contributed by atoms with van der Waals surface area (Å²) in [5.41, 5.74) is 1.70. The molecule has 0 radical (unpaired) electrons. The molecular weight excluding hydrogens is 340 g/mol. The molecule has 0 atom stereocenters. The highest BCUT2D eigenvalue weighted by molar-refractivity contribution is 6.32. The van der Waals surface area contributed by atoms with Crippen molar-refractivity contribution in [2.45, 2.75) is 13.5 Å². The summed E-state index contributed by atoms with van der Waals surface area (Å²) in [5.74, 6) is 1.66. The molecule has 7 heteroatoms. The summed E-state index contributed by atoms with van der Waals surface area (Å²) in [5, 5.41) is 9.49. The number of hydrogen-bond acceptors (Lipinski definition) is 4. The summed E-state index contributed by atoms with van der Waals surface area (Å²) in [6.45, 7) is 2.16. The van der Waals surface area contributed by atoms with Crippen molar-refractivity contribution in [1.82, 2.24) is 19.2 Å². The maximum Gasteiger partial charge on any atom is 0.262 e. The SMILES string of the molecule is Cc1ccc(Cl)c(OCc2nnc3n(C)c(=O)c4ccccc4n23)c1. The zero-order valence-corrected chi connectivity index (χ0v) is 14.5. The van der Waals surface area contributed by atoms with Crippen LogP contribution in [0.2, 0.25) is 5.02 Å². The second kappa shape index (κ2) is 5.89. The van der Waals surface area contributed by atoms with Crippen LogP contribution in [0.4, 0.5) is 0 Å². The first-order valence-electron chi connectivity index (χ1n) is 7.77. The Bertz CT molecular complexity index is 1160. The van der Waals surface area contributed by atoms with Crippen LogP contribution in [0.5, 0.6) is 5.75 Å². The molecule has 25 heavy (non-hydrogen) atoms. The number of benzene rings is 2. The van der Waals surface area contributed by atoms with E-state index in [1.54, 1.807) is 19.2 Å². The molecule has 126 valence electrons. The van der Waals surface area contributed by atoms with E-state index in [9.17, 15) is 4.79 Å². The van der Waals surface area contributed by atoms with E-state index in [2.05, 4.69) is 10.2 Å². The number of fused-ring (bicyclic) bond motifs is 3. The monoisotopic (exact) mass is 354 g/mol. The first kappa shape index (κ1) is 15.7. The molecule has 0 aliphatic heterocycles. The number of rotatable bonds is 3. The van der Waals surface area contributed by atoms with Gasteiger partial charge in [-0.15, -0.1) is 10.2 Å². The molecule has 2 aromatic carbocycles. The van der Waals surface area contributed by atoms with Crippen molar-refractivity contribution in [3.05, 3.63) is 69.2 Å². The predicted octanol–water partition coefficient (Wildman–Crippen LogP) is 3.12. The summed E-state index contributed by atoms with van der Waals surface area (Å²) in [4.78, 5) is 12.4. The Morgan fingerprint density at radius 1 is 1.16 bits per heavy atom. The van der Waals surface area contributed by atoms with E-state index in [1.807, 2.05) is 41.7 Å². The lowest BCUT2D eigenvalue weighted by Gasteiger charge is -2.10. The zero-order chi connectivity index (χ0) is 17.6. The van der Waals surface area contributed by atoms with Crippen molar-refractivity contribution < 1.29 is 4.74 Å². The topological polar surface area (TPSA) is 61.4 Å². The molecule has 6 nitrogen and oxygen atoms in total. The maximum atomic E-state index is 12.4. The lowest BCUT2D eigenvalue weighted by atomic mass is 10.2. The molecule has 0 amide bonds. The summed E-state index contributed by atoms with van der Waals surface area (Å²) >= 11 is 6.18. The minimum Gasteiger partial charge on any atom is -0.484 e. The third-order valence-corrected chi connectivity index (χ3v) is 4.45. The first-order valence-corrected chi connectivity index (χ1v) is 8.15. The van der Waals surface area contributed by atoms with Gasteiger partial charge in [0, 0.05) is 7.05 Å². The molecule has 0 saturated heterocycles. The number of para-hydroxylation sites is 1. The van der Waals surface area contributed by atoms with Gasteiger partial charge in [0.15, 0.2) is 5.82 Å². The van der Waals surface area contributed by atoms with E-state index >= 15 is 0 Å². The Morgan fingerprint density at radius 3 is 2.80 bits per heavy atom. The van der Waals surface area contributed by atoms with Crippen molar-refractivity contribution in [3.8, 4) is 5.75 Å². The van der Waals surface area contributed by atoms with Gasteiger partial charge < -0.3 is 4.74 Å². The minimum absolute atomic E-state index is 0.107. The molecule has 0 spiro atoms. The van der Waals surface area contributed by atoms with Crippen LogP contribution in [-0.2, 0) is 13.7 Å². The normalized spacial score (nSPS) is 11.3. The van der Waals surface area contributed by atoms with Crippen LogP contribution in [-0.4, -0.2) is 19.2 Å². The Kier molecular flexibility index (Phi) is 3.69. The maximum absolute atomic E-state index is 12.4. The number of aryl methyl sites for hydroxylation is 2. The van der Waals surface area contributed by atoms with Gasteiger partial charge in [0.05, 0.1) is 15.9 Å². The van der Waals surface area contributed by atoms with Gasteiger partial charge in [-0.2, -0.15) is 0 Å². The van der Waals surface area contributed by atoms with E-state index in [1.165, 1.54) is 4.57 Å². The second-order valence-electron chi connectivity index (χ2n) is 5.86. The molecule has 0 bridgehead atoms. The highest BCUT2D eigenvalue weighted by atomic mass is 35.5. The lowest BCUT2D eigenvalue weighted by molar-refractivity contribution is 0.295. The lowest BCUT2D eigenvalue weighted by Crippen LogP contribution is -2.20. The fraction of sp³-hybridized carbons (Fsp3) is 0.167. The Balaban J connectivity index is 1.83. The van der Waals surface area contributed by atoms with Gasteiger partial charge in [-0.05, 0) is 36.8 Å². The van der Waals surface area contributed by atoms with Gasteiger partial charge in [0.25, 0.3) is 5.56 Å². The van der Waals surface area contributed by atoms with Crippen molar-refractivity contribution >= 4 is 28.3 Å². The second-order valence-corrected chi connectivity index (χ2v) is 6.26. The molecule has 4 aromatic rings. The van der Waals surface area contributed by atoms with Crippen molar-refractivity contribution in [2.24, 2.45) is 7.05 Å². The molecule has 4 rings (SSSR count). The predicted molar refractivity (Wildman–Crippen MR) is 96.3 cm³/mol. The number of ether oxygens (including phenoxy) is 1. The molecule has 2 aromatic heterocycles. The average molecular weight is 355 g/mol. The number of aromatic nitrogens is 4. The van der Waals surface area contributed by atoms with E-state index in [-0.39, 0.29) is 12.2 Å². The van der Waals surface area contributed by atoms with Gasteiger partial charge in [-0.3, -0.25) is 13.8 Å². The van der Waals surface area contributed by atoms with Crippen molar-refractivity contribution in [2.75, 3.05) is 0 Å². The Morgan fingerprint density at radius 2 is 1.96 bits per heavy atom. The van der Waals surface area contributed by atoms with Gasteiger partial charge in [-0.25, -0.2) is 0 Å². The molecule has 2 heterocycles. The van der Waals surface area contributed by atoms with Crippen LogP contribution in [0.3, 0.4) is 0 Å². The molecular formula is C18H15ClN4O2. The van der Waals surface area contributed by atoms with Crippen LogP contribution < -0.4 is 10.3 Å². The van der Waals surface area contributed by atoms with E-state index in [0.717, 1.165) is 11.1 Å². The molecule has 0 saturated carbocycles. The largest absolute Gasteiger partial charge is 0.484 e. The number of hydrogen-bond donors (Lipinski definition) is 0. The van der Waals surface area contributed by atoms with Crippen LogP contribution in [0.25, 0.3) is 16.7 Å². The van der Waals surface area contributed by atoms with Gasteiger partial charge in [0.1, 0.15) is 12.4 Å². The van der Waals surface area contributed by atoms with Crippen molar-refractivity contribution in [3.63, 3.8) is 0 Å². The highest BCUT2D eigenvalue weighted by Gasteiger charge is 2.15. The van der Waals surface area contributed by atoms with Crippen LogP contribution in [0, 0.1) is 6.92 Å². The third kappa shape index (κ3) is 2.55. The summed E-state index contributed by atoms with van der Waals surface area (Å²) < 4.78 is 9.16. The van der Waals surface area contributed by atoms with Gasteiger partial charge in [-0.1, -0.05) is 29.8 Å². The van der Waals surface area contributed by atoms with Gasteiger partial charge in [0.2, 0.25) is 5.78 Å². The van der Waals surface area contributed by atoms with E-state index < -0.39 is 0 Å². The fourth-order valence-electron chi connectivity index (χ4n) is 2.85. The third-order valence-electron chi connectivity index (χ3n) is 4.14. The summed E-state index contributed by atoms with van der Waals surface area (Å²) in [6.07, 6.45) is 0. The highest BCUT2D eigenvalue weighted by Crippen LogP contribution is 2.26. The molecule has 0 fully saturated rings. The molecule has 0 aliphatic carbocycles. The van der Waals surface area contributed by atoms with Crippen LogP contribution in [0.15, 0.2) is 47.3 Å². The Labute approximate surface area is 148 Å². The fourth-order valence-corrected chi connectivity index (χ4v) is 3.02. The van der Waals surface area contributed by atoms with Crippen LogP contribution >= 0.6 is 11.6 Å². The number of halogens is 1. The smallest absolute Gasteiger partial charge is 0.262 e. The number of nitrogens with zero attached hydrogens (tertiary/aromatic N) is 4. The van der Waals surface area contributed by atoms with Gasteiger partial charge >= 0.3 is 0 Å².